The average molecular weight is 370 g/mol. The number of imidazole rings is 1. The van der Waals surface area contributed by atoms with Gasteiger partial charge in [0.15, 0.2) is 10.7 Å². The lowest BCUT2D eigenvalue weighted by atomic mass is 10.1. The summed E-state index contributed by atoms with van der Waals surface area (Å²) in [5.41, 5.74) is 3.69. The summed E-state index contributed by atoms with van der Waals surface area (Å²) < 4.78 is 7.42. The molecule has 0 spiro atoms. The van der Waals surface area contributed by atoms with E-state index in [1.54, 1.807) is 4.40 Å². The van der Waals surface area contributed by atoms with Crippen LogP contribution in [-0.4, -0.2) is 27.1 Å². The van der Waals surface area contributed by atoms with Crippen molar-refractivity contribution in [2.24, 2.45) is 0 Å². The largest absolute Gasteiger partial charge is 0.489 e. The third-order valence-electron chi connectivity index (χ3n) is 4.02. The molecule has 3 aromatic rings. The van der Waals surface area contributed by atoms with E-state index in [0.29, 0.717) is 18.7 Å². The highest BCUT2D eigenvalue weighted by atomic mass is 32.1. The highest BCUT2D eigenvalue weighted by Crippen LogP contribution is 2.34. The molecule has 0 radical (unpaired) electrons. The van der Waals surface area contributed by atoms with Crippen LogP contribution in [0.5, 0.6) is 5.75 Å². The first-order chi connectivity index (χ1) is 12.4. The number of hydrogen-bond acceptors (Lipinski definition) is 4. The maximum Gasteiger partial charge on any atom is 0.354 e. The molecule has 1 aromatic carbocycles. The summed E-state index contributed by atoms with van der Waals surface area (Å²) in [6, 6.07) is 7.69. The molecule has 0 amide bonds. The van der Waals surface area contributed by atoms with Gasteiger partial charge in [-0.25, -0.2) is 9.78 Å². The van der Waals surface area contributed by atoms with Gasteiger partial charge in [-0.1, -0.05) is 19.9 Å². The van der Waals surface area contributed by atoms with Crippen LogP contribution < -0.4 is 4.74 Å². The zero-order valence-corrected chi connectivity index (χ0v) is 16.0. The van der Waals surface area contributed by atoms with Crippen molar-refractivity contribution in [3.05, 3.63) is 52.7 Å². The molecule has 0 saturated carbocycles. The number of carboxylic acid groups (broad SMARTS) is 1. The van der Waals surface area contributed by atoms with Crippen molar-refractivity contribution in [1.29, 1.82) is 0 Å². The van der Waals surface area contributed by atoms with Gasteiger partial charge in [-0.05, 0) is 55.7 Å². The van der Waals surface area contributed by atoms with Crippen molar-refractivity contribution in [2.45, 2.75) is 33.6 Å². The molecule has 0 aliphatic rings. The molecule has 0 aliphatic heterocycles. The van der Waals surface area contributed by atoms with Crippen molar-refractivity contribution in [2.75, 3.05) is 6.61 Å². The number of nitrogens with zero attached hydrogens (tertiary/aromatic N) is 2. The van der Waals surface area contributed by atoms with Crippen LogP contribution in [0.15, 0.2) is 36.4 Å². The van der Waals surface area contributed by atoms with E-state index in [2.05, 4.69) is 11.6 Å². The average Bonchev–Trinajstić information content (AvgIpc) is 3.07. The van der Waals surface area contributed by atoms with Crippen LogP contribution in [0, 0.1) is 6.92 Å². The summed E-state index contributed by atoms with van der Waals surface area (Å²) in [5.74, 6) is -0.182. The number of benzene rings is 1. The van der Waals surface area contributed by atoms with Crippen LogP contribution in [0.4, 0.5) is 0 Å². The second-order valence-corrected chi connectivity index (χ2v) is 7.54. The Labute approximate surface area is 156 Å². The Bertz CT molecular complexity index is 967. The summed E-state index contributed by atoms with van der Waals surface area (Å²) in [4.78, 5) is 18.2. The SMILES string of the molecule is C=C(C)COc1ccc(-c2c(C)sc3nc(CCC)c(C(=O)O)n23)cc1. The fourth-order valence-corrected chi connectivity index (χ4v) is 3.95. The highest BCUT2D eigenvalue weighted by molar-refractivity contribution is 7.17. The van der Waals surface area contributed by atoms with Crippen molar-refractivity contribution in [3.63, 3.8) is 0 Å². The normalized spacial score (nSPS) is 11.0. The van der Waals surface area contributed by atoms with E-state index < -0.39 is 5.97 Å². The number of thiazole rings is 1. The number of aromatic nitrogens is 2. The first-order valence-corrected chi connectivity index (χ1v) is 9.35. The molecule has 1 N–H and O–H groups in total. The molecule has 0 saturated heterocycles. The summed E-state index contributed by atoms with van der Waals surface area (Å²) in [6.45, 7) is 10.2. The Hall–Kier alpha value is -2.60. The molecule has 136 valence electrons. The van der Waals surface area contributed by atoms with Gasteiger partial charge in [-0.15, -0.1) is 11.3 Å². The molecule has 0 atom stereocenters. The van der Waals surface area contributed by atoms with Gasteiger partial charge in [0.05, 0.1) is 11.4 Å². The van der Waals surface area contributed by atoms with E-state index in [1.165, 1.54) is 11.3 Å². The van der Waals surface area contributed by atoms with E-state index in [9.17, 15) is 9.90 Å². The van der Waals surface area contributed by atoms with Crippen molar-refractivity contribution < 1.29 is 14.6 Å². The number of ether oxygens (including phenoxy) is 1. The molecule has 2 aromatic heterocycles. The molecule has 5 nitrogen and oxygen atoms in total. The number of carboxylic acids is 1. The molecule has 2 heterocycles. The molecule has 26 heavy (non-hydrogen) atoms. The molecule has 3 rings (SSSR count). The second-order valence-electron chi connectivity index (χ2n) is 6.36. The molecule has 0 bridgehead atoms. The third-order valence-corrected chi connectivity index (χ3v) is 4.98. The lowest BCUT2D eigenvalue weighted by molar-refractivity contribution is 0.0688. The van der Waals surface area contributed by atoms with Gasteiger partial charge in [0, 0.05) is 4.88 Å². The lowest BCUT2D eigenvalue weighted by Crippen LogP contribution is -2.06. The van der Waals surface area contributed by atoms with Crippen LogP contribution in [0.2, 0.25) is 0 Å². The zero-order valence-electron chi connectivity index (χ0n) is 15.2. The Morgan fingerprint density at radius 1 is 1.35 bits per heavy atom. The minimum absolute atomic E-state index is 0.267. The smallest absolute Gasteiger partial charge is 0.354 e. The van der Waals surface area contributed by atoms with E-state index in [0.717, 1.165) is 38.8 Å². The predicted molar refractivity (Wildman–Crippen MR) is 105 cm³/mol. The number of rotatable bonds is 7. The minimum atomic E-state index is -0.943. The van der Waals surface area contributed by atoms with Crippen molar-refractivity contribution >= 4 is 22.3 Å². The molecule has 0 aliphatic carbocycles. The summed E-state index contributed by atoms with van der Waals surface area (Å²) >= 11 is 1.52. The fraction of sp³-hybridized carbons (Fsp3) is 0.300. The van der Waals surface area contributed by atoms with Gasteiger partial charge in [0.2, 0.25) is 0 Å². The second kappa shape index (κ2) is 7.33. The highest BCUT2D eigenvalue weighted by Gasteiger charge is 2.24. The van der Waals surface area contributed by atoms with E-state index in [1.807, 2.05) is 45.0 Å². The van der Waals surface area contributed by atoms with Crippen LogP contribution in [0.3, 0.4) is 0 Å². The van der Waals surface area contributed by atoms with E-state index in [4.69, 9.17) is 4.74 Å². The van der Waals surface area contributed by atoms with Gasteiger partial charge in [0.1, 0.15) is 12.4 Å². The lowest BCUT2D eigenvalue weighted by Gasteiger charge is -2.08. The number of fused-ring (bicyclic) bond motifs is 1. The number of aryl methyl sites for hydroxylation is 2. The van der Waals surface area contributed by atoms with E-state index >= 15 is 0 Å². The summed E-state index contributed by atoms with van der Waals surface area (Å²) in [7, 11) is 0. The standard InChI is InChI=1S/C20H22N2O3S/c1-5-6-16-18(19(23)24)22-17(13(4)26-20(22)21-16)14-7-9-15(10-8-14)25-11-12(2)3/h7-10H,2,5-6,11H2,1,3-4H3,(H,23,24). The maximum absolute atomic E-state index is 11.9. The first kappa shape index (κ1) is 18.2. The van der Waals surface area contributed by atoms with Crippen LogP contribution in [0.1, 0.15) is 41.3 Å². The monoisotopic (exact) mass is 370 g/mol. The number of aromatic carboxylic acids is 1. The van der Waals surface area contributed by atoms with Crippen LogP contribution >= 0.6 is 11.3 Å². The first-order valence-electron chi connectivity index (χ1n) is 8.54. The van der Waals surface area contributed by atoms with Crippen LogP contribution in [-0.2, 0) is 6.42 Å². The van der Waals surface area contributed by atoms with Crippen LogP contribution in [0.25, 0.3) is 16.2 Å². The molecule has 0 unspecified atom stereocenters. The minimum Gasteiger partial charge on any atom is -0.489 e. The summed E-state index contributed by atoms with van der Waals surface area (Å²) in [6.07, 6.45) is 1.51. The van der Waals surface area contributed by atoms with Gasteiger partial charge < -0.3 is 9.84 Å². The fourth-order valence-electron chi connectivity index (χ4n) is 2.94. The quantitative estimate of drug-likeness (QED) is 0.596. The Kier molecular flexibility index (Phi) is 5.13. The van der Waals surface area contributed by atoms with Gasteiger partial charge >= 0.3 is 5.97 Å². The number of carbonyl (C=O) groups is 1. The zero-order chi connectivity index (χ0) is 18.8. The molecular formula is C20H22N2O3S. The molecule has 0 fully saturated rings. The van der Waals surface area contributed by atoms with E-state index in [-0.39, 0.29) is 5.69 Å². The Balaban J connectivity index is 2.08. The predicted octanol–water partition coefficient (Wildman–Crippen LogP) is 4.98. The van der Waals surface area contributed by atoms with Crippen molar-refractivity contribution in [1.82, 2.24) is 9.38 Å². The third kappa shape index (κ3) is 3.37. The van der Waals surface area contributed by atoms with Crippen molar-refractivity contribution in [3.8, 4) is 17.0 Å². The number of hydrogen-bond donors (Lipinski definition) is 1. The van der Waals surface area contributed by atoms with Gasteiger partial charge in [0.25, 0.3) is 0 Å². The Morgan fingerprint density at radius 3 is 2.62 bits per heavy atom. The maximum atomic E-state index is 11.9. The molecule has 6 heteroatoms. The van der Waals surface area contributed by atoms with Gasteiger partial charge in [-0.3, -0.25) is 4.40 Å². The summed E-state index contributed by atoms with van der Waals surface area (Å²) in [5, 5.41) is 9.74. The topological polar surface area (TPSA) is 63.8 Å². The Morgan fingerprint density at radius 2 is 2.04 bits per heavy atom. The van der Waals surface area contributed by atoms with Gasteiger partial charge in [-0.2, -0.15) is 0 Å². The molecular weight excluding hydrogens is 348 g/mol.